The van der Waals surface area contributed by atoms with Crippen molar-refractivity contribution in [3.63, 3.8) is 0 Å². The van der Waals surface area contributed by atoms with E-state index in [9.17, 15) is 19.5 Å². The van der Waals surface area contributed by atoms with Gasteiger partial charge < -0.3 is 26.0 Å². The average Bonchev–Trinajstić information content (AvgIpc) is 3.44. The lowest BCUT2D eigenvalue weighted by Crippen LogP contribution is -2.71. The predicted octanol–water partition coefficient (Wildman–Crippen LogP) is 1.28. The number of aromatic nitrogens is 4. The van der Waals surface area contributed by atoms with Gasteiger partial charge in [-0.2, -0.15) is 0 Å². The number of rotatable bonds is 8. The number of carboxylic acids is 1. The molecule has 1 aromatic carbocycles. The van der Waals surface area contributed by atoms with Crippen molar-refractivity contribution in [2.45, 2.75) is 18.0 Å². The lowest BCUT2D eigenvalue weighted by molar-refractivity contribution is -0.664. The molecule has 0 saturated carbocycles. The van der Waals surface area contributed by atoms with E-state index >= 15 is 0 Å². The number of nitrogen functional groups attached to an aromatic ring is 1. The Hall–Kier alpha value is -5.24. The van der Waals surface area contributed by atoms with Crippen LogP contribution in [0.3, 0.4) is 0 Å². The third kappa shape index (κ3) is 4.81. The van der Waals surface area contributed by atoms with Gasteiger partial charge >= 0.3 is 11.6 Å². The van der Waals surface area contributed by atoms with Crippen molar-refractivity contribution in [3.05, 3.63) is 83.8 Å². The maximum Gasteiger partial charge on any atom is 0.352 e. The molecule has 1 unspecified atom stereocenters. The van der Waals surface area contributed by atoms with Crippen molar-refractivity contribution < 1.29 is 28.9 Å². The van der Waals surface area contributed by atoms with Gasteiger partial charge in [-0.1, -0.05) is 29.4 Å². The van der Waals surface area contributed by atoms with Gasteiger partial charge in [-0.15, -0.1) is 11.8 Å². The second-order valence-electron chi connectivity index (χ2n) is 9.51. The molecule has 2 aliphatic rings. The molecule has 0 aliphatic carbocycles. The van der Waals surface area contributed by atoms with E-state index < -0.39 is 29.2 Å². The van der Waals surface area contributed by atoms with Crippen LogP contribution in [-0.4, -0.2) is 72.7 Å². The largest absolute Gasteiger partial charge is 0.477 e. The Morgan fingerprint density at radius 2 is 2.00 bits per heavy atom. The third-order valence-electron chi connectivity index (χ3n) is 6.87. The molecule has 14 heteroatoms. The van der Waals surface area contributed by atoms with E-state index in [1.54, 1.807) is 12.1 Å². The van der Waals surface area contributed by atoms with Crippen LogP contribution in [0.2, 0.25) is 0 Å². The first-order valence-electron chi connectivity index (χ1n) is 12.8. The summed E-state index contributed by atoms with van der Waals surface area (Å²) in [6.45, 7) is 0.213. The van der Waals surface area contributed by atoms with Gasteiger partial charge in [0.15, 0.2) is 5.71 Å². The number of anilines is 1. The number of hydrogen-bond donors (Lipinski definition) is 4. The van der Waals surface area contributed by atoms with Crippen molar-refractivity contribution in [2.75, 3.05) is 18.6 Å². The number of thioether (sulfide) groups is 1. The van der Waals surface area contributed by atoms with Crippen molar-refractivity contribution in [2.24, 2.45) is 5.16 Å². The Labute approximate surface area is 243 Å². The number of nitrogens with one attached hydrogen (secondary N) is 2. The number of carboxylic acid groups (broad SMARTS) is 1. The molecule has 3 aromatic heterocycles. The Bertz CT molecular complexity index is 1790. The fourth-order valence-electron chi connectivity index (χ4n) is 4.99. The number of aliphatic carboxylic acids is 1. The SMILES string of the molecule is CON=C(C(=O)NC1C(=O)N2C(C(=O)O)=C(C[n+]3cccc4[nH]c(-c5ccccc5)nc43)CS[C@@H]12)c1cccc(N)n1. The van der Waals surface area contributed by atoms with Gasteiger partial charge in [0.1, 0.15) is 47.8 Å². The second-order valence-corrected chi connectivity index (χ2v) is 10.6. The molecule has 2 amide bonds. The van der Waals surface area contributed by atoms with Crippen molar-refractivity contribution in [1.29, 1.82) is 0 Å². The molecule has 1 saturated heterocycles. The number of hydrogen-bond acceptors (Lipinski definition) is 9. The number of oxime groups is 1. The van der Waals surface area contributed by atoms with Gasteiger partial charge in [-0.3, -0.25) is 14.5 Å². The lowest BCUT2D eigenvalue weighted by atomic mass is 10.0. The highest BCUT2D eigenvalue weighted by Gasteiger charge is 2.54. The number of nitrogens with two attached hydrogens (primary N) is 1. The molecule has 13 nitrogen and oxygen atoms in total. The third-order valence-corrected chi connectivity index (χ3v) is 8.21. The second kappa shape index (κ2) is 11.0. The number of nitrogens with zero attached hydrogens (tertiary/aromatic N) is 5. The summed E-state index contributed by atoms with van der Waals surface area (Å²) in [6, 6.07) is 17.2. The summed E-state index contributed by atoms with van der Waals surface area (Å²) in [5.41, 5.74) is 8.57. The van der Waals surface area contributed by atoms with Gasteiger partial charge in [-0.05, 0) is 41.4 Å². The number of H-pyrrole nitrogens is 1. The Morgan fingerprint density at radius 3 is 2.74 bits per heavy atom. The summed E-state index contributed by atoms with van der Waals surface area (Å²) < 4.78 is 1.85. The number of fused-ring (bicyclic) bond motifs is 2. The molecule has 1 fully saturated rings. The first-order chi connectivity index (χ1) is 20.4. The van der Waals surface area contributed by atoms with Gasteiger partial charge in [-0.25, -0.2) is 14.3 Å². The number of carbonyl (C=O) groups is 3. The van der Waals surface area contributed by atoms with Crippen molar-refractivity contribution in [3.8, 4) is 11.4 Å². The Kier molecular flexibility index (Phi) is 7.04. The molecule has 2 aliphatic heterocycles. The number of β-lactam (4-membered cyclic amide) rings is 1. The fourth-order valence-corrected chi connectivity index (χ4v) is 6.32. The first kappa shape index (κ1) is 27.0. The number of imidazole rings is 1. The molecule has 42 heavy (non-hydrogen) atoms. The zero-order chi connectivity index (χ0) is 29.4. The maximum atomic E-state index is 13.3. The highest BCUT2D eigenvalue weighted by Crippen LogP contribution is 2.40. The minimum absolute atomic E-state index is 0.0964. The molecule has 5 heterocycles. The van der Waals surface area contributed by atoms with Crippen LogP contribution in [0.15, 0.2) is 83.3 Å². The number of aromatic amines is 1. The minimum atomic E-state index is -1.22. The van der Waals surface area contributed by atoms with Gasteiger partial charge in [0, 0.05) is 16.9 Å². The Balaban J connectivity index is 1.25. The van der Waals surface area contributed by atoms with Gasteiger partial charge in [0.25, 0.3) is 17.6 Å². The van der Waals surface area contributed by atoms with E-state index in [1.165, 1.54) is 29.8 Å². The number of amides is 2. The minimum Gasteiger partial charge on any atom is -0.477 e. The van der Waals surface area contributed by atoms with Crippen molar-refractivity contribution >= 4 is 52.2 Å². The number of benzene rings is 1. The van der Waals surface area contributed by atoms with E-state index in [2.05, 4.69) is 20.4 Å². The van der Waals surface area contributed by atoms with E-state index in [0.717, 1.165) is 11.1 Å². The quantitative estimate of drug-likeness (QED) is 0.103. The monoisotopic (exact) mass is 585 g/mol. The molecule has 0 spiro atoms. The molecule has 6 rings (SSSR count). The van der Waals surface area contributed by atoms with E-state index in [4.69, 9.17) is 15.6 Å². The van der Waals surface area contributed by atoms with Gasteiger partial charge in [0.05, 0.1) is 6.20 Å². The fraction of sp³-hybridized carbons (Fsp3) is 0.179. The van der Waals surface area contributed by atoms with Crippen LogP contribution in [0.4, 0.5) is 5.82 Å². The summed E-state index contributed by atoms with van der Waals surface area (Å²) in [6.07, 6.45) is 1.82. The number of carbonyl (C=O) groups excluding carboxylic acids is 2. The maximum absolute atomic E-state index is 13.3. The highest BCUT2D eigenvalue weighted by molar-refractivity contribution is 8.00. The summed E-state index contributed by atoms with van der Waals surface area (Å²) in [7, 11) is 1.28. The van der Waals surface area contributed by atoms with E-state index in [0.29, 0.717) is 22.8 Å². The zero-order valence-electron chi connectivity index (χ0n) is 22.2. The van der Waals surface area contributed by atoms with E-state index in [-0.39, 0.29) is 29.5 Å². The van der Waals surface area contributed by atoms with Crippen LogP contribution in [0.25, 0.3) is 22.6 Å². The van der Waals surface area contributed by atoms with Crippen LogP contribution in [-0.2, 0) is 25.8 Å². The summed E-state index contributed by atoms with van der Waals surface area (Å²) in [5.74, 6) is -1.26. The standard InChI is InChI=1S/C28H24N8O5S/c1-41-34-20(17-9-5-11-19(29)30-17)25(37)32-21-26(38)36-22(28(39)40)16(14-42-27(21)36)13-35-12-6-10-18-24(35)33-23(31-18)15-7-3-2-4-8-15/h2-12,21,27H,13-14H2,1H3,(H4,29,30,32,37,39,40)/p+1/t21?,27-/m0/s1. The van der Waals surface area contributed by atoms with Crippen LogP contribution in [0.1, 0.15) is 5.69 Å². The van der Waals surface area contributed by atoms with Crippen LogP contribution < -0.4 is 15.6 Å². The van der Waals surface area contributed by atoms with Gasteiger partial charge in [0.2, 0.25) is 0 Å². The zero-order valence-corrected chi connectivity index (χ0v) is 23.0. The molecule has 212 valence electrons. The smallest absolute Gasteiger partial charge is 0.352 e. The van der Waals surface area contributed by atoms with Crippen LogP contribution in [0, 0.1) is 0 Å². The Morgan fingerprint density at radius 1 is 1.19 bits per heavy atom. The number of pyridine rings is 2. The van der Waals surface area contributed by atoms with E-state index in [1.807, 2.05) is 53.2 Å². The average molecular weight is 586 g/mol. The van der Waals surface area contributed by atoms with Crippen molar-refractivity contribution in [1.82, 2.24) is 25.2 Å². The normalized spacial score (nSPS) is 18.5. The molecule has 4 aromatic rings. The lowest BCUT2D eigenvalue weighted by Gasteiger charge is -2.49. The molecule has 0 bridgehead atoms. The first-order valence-corrected chi connectivity index (χ1v) is 13.9. The molecular formula is C28H25N8O5S+. The molecule has 2 atom stereocenters. The predicted molar refractivity (Wildman–Crippen MR) is 154 cm³/mol. The highest BCUT2D eigenvalue weighted by atomic mass is 32.2. The summed E-state index contributed by atoms with van der Waals surface area (Å²) in [4.78, 5) is 57.0. The molecular weight excluding hydrogens is 560 g/mol. The van der Waals surface area contributed by atoms with Crippen LogP contribution >= 0.6 is 11.8 Å². The summed E-state index contributed by atoms with van der Waals surface area (Å²) in [5, 5.41) is 16.0. The summed E-state index contributed by atoms with van der Waals surface area (Å²) >= 11 is 1.37. The topological polar surface area (TPSA) is 180 Å². The van der Waals surface area contributed by atoms with Crippen LogP contribution in [0.5, 0.6) is 0 Å². The molecule has 5 N–H and O–H groups in total. The molecule has 0 radical (unpaired) electrons.